The number of anilines is 1. The number of aromatic nitrogens is 2. The first-order valence-electron chi connectivity index (χ1n) is 7.22. The number of nitrogens with one attached hydrogen (secondary N) is 1. The van der Waals surface area contributed by atoms with Gasteiger partial charge in [0.25, 0.3) is 0 Å². The maximum Gasteiger partial charge on any atom is 0.225 e. The van der Waals surface area contributed by atoms with Crippen LogP contribution >= 0.6 is 22.9 Å². The summed E-state index contributed by atoms with van der Waals surface area (Å²) in [5, 5.41) is 7.11. The lowest BCUT2D eigenvalue weighted by Gasteiger charge is -2.32. The molecule has 4 heterocycles. The van der Waals surface area contributed by atoms with E-state index in [0.29, 0.717) is 17.4 Å². The quantitative estimate of drug-likeness (QED) is 0.864. The minimum absolute atomic E-state index is 0.334. The average molecular weight is 309 g/mol. The molecule has 2 aliphatic heterocycles. The van der Waals surface area contributed by atoms with Crippen LogP contribution in [0.2, 0.25) is 5.28 Å². The van der Waals surface area contributed by atoms with Gasteiger partial charge < -0.3 is 5.32 Å². The van der Waals surface area contributed by atoms with Gasteiger partial charge in [0.15, 0.2) is 0 Å². The molecule has 20 heavy (non-hydrogen) atoms. The second-order valence-electron chi connectivity index (χ2n) is 5.62. The Balaban J connectivity index is 1.62. The lowest BCUT2D eigenvalue weighted by molar-refractivity contribution is 0.192. The molecule has 1 N–H and O–H groups in total. The van der Waals surface area contributed by atoms with Crippen molar-refractivity contribution in [2.75, 3.05) is 18.4 Å². The summed E-state index contributed by atoms with van der Waals surface area (Å²) < 4.78 is 0. The predicted molar refractivity (Wildman–Crippen MR) is 83.7 cm³/mol. The molecule has 2 atom stereocenters. The standard InChI is InChI=1S/C14H17ClN4S/c15-14-17-12(9-5-8-20-13(9)18-14)16-10-4-7-19-6-2-1-3-11(10)19/h5,8,10-11H,1-4,6-7H2,(H,16,17,18). The Bertz CT molecular complexity index is 629. The molecule has 0 aromatic carbocycles. The first kappa shape index (κ1) is 12.8. The van der Waals surface area contributed by atoms with Gasteiger partial charge in [-0.1, -0.05) is 6.42 Å². The number of thiophene rings is 1. The van der Waals surface area contributed by atoms with E-state index in [1.54, 1.807) is 11.3 Å². The molecule has 106 valence electrons. The highest BCUT2D eigenvalue weighted by Crippen LogP contribution is 2.32. The molecule has 0 amide bonds. The third-order valence-corrected chi connectivity index (χ3v) is 5.45. The van der Waals surface area contributed by atoms with Crippen molar-refractivity contribution in [3.05, 3.63) is 16.7 Å². The summed E-state index contributed by atoms with van der Waals surface area (Å²) in [6.07, 6.45) is 5.18. The zero-order valence-corrected chi connectivity index (χ0v) is 12.8. The fourth-order valence-corrected chi connectivity index (χ4v) is 4.51. The second-order valence-corrected chi connectivity index (χ2v) is 6.85. The van der Waals surface area contributed by atoms with Crippen LogP contribution in [0.15, 0.2) is 11.4 Å². The van der Waals surface area contributed by atoms with Gasteiger partial charge >= 0.3 is 0 Å². The maximum atomic E-state index is 6.04. The van der Waals surface area contributed by atoms with E-state index >= 15 is 0 Å². The fourth-order valence-electron chi connectivity index (χ4n) is 3.53. The molecule has 2 aromatic heterocycles. The Hall–Kier alpha value is -0.910. The van der Waals surface area contributed by atoms with E-state index in [1.165, 1.54) is 38.8 Å². The van der Waals surface area contributed by atoms with Gasteiger partial charge in [-0.2, -0.15) is 0 Å². The van der Waals surface area contributed by atoms with Crippen molar-refractivity contribution in [1.29, 1.82) is 0 Å². The molecule has 2 fully saturated rings. The van der Waals surface area contributed by atoms with Crippen molar-refractivity contribution in [2.24, 2.45) is 0 Å². The highest BCUT2D eigenvalue weighted by molar-refractivity contribution is 7.16. The van der Waals surface area contributed by atoms with E-state index in [-0.39, 0.29) is 0 Å². The Kier molecular flexibility index (Phi) is 3.28. The smallest absolute Gasteiger partial charge is 0.225 e. The topological polar surface area (TPSA) is 41.1 Å². The second kappa shape index (κ2) is 5.13. The minimum atomic E-state index is 0.334. The van der Waals surface area contributed by atoms with Crippen molar-refractivity contribution < 1.29 is 0 Å². The molecular weight excluding hydrogens is 292 g/mol. The molecule has 0 spiro atoms. The summed E-state index contributed by atoms with van der Waals surface area (Å²) >= 11 is 7.65. The van der Waals surface area contributed by atoms with Crippen molar-refractivity contribution in [3.63, 3.8) is 0 Å². The highest BCUT2D eigenvalue weighted by Gasteiger charge is 2.35. The van der Waals surface area contributed by atoms with Crippen molar-refractivity contribution in [2.45, 2.75) is 37.8 Å². The van der Waals surface area contributed by atoms with Crippen molar-refractivity contribution >= 4 is 39.0 Å². The van der Waals surface area contributed by atoms with Gasteiger partial charge in [0, 0.05) is 18.6 Å². The first-order chi connectivity index (χ1) is 9.81. The fraction of sp³-hybridized carbons (Fsp3) is 0.571. The molecule has 4 rings (SSSR count). The predicted octanol–water partition coefficient (Wildman–Crippen LogP) is 3.38. The number of fused-ring (bicyclic) bond motifs is 2. The number of halogens is 1. The first-order valence-corrected chi connectivity index (χ1v) is 8.48. The SMILES string of the molecule is Clc1nc(NC2CCN3CCCCC23)c2ccsc2n1. The highest BCUT2D eigenvalue weighted by atomic mass is 35.5. The number of rotatable bonds is 2. The van der Waals surface area contributed by atoms with E-state index in [2.05, 4.69) is 26.3 Å². The summed E-state index contributed by atoms with van der Waals surface area (Å²) in [6.45, 7) is 2.45. The van der Waals surface area contributed by atoms with Gasteiger partial charge in [-0.3, -0.25) is 4.90 Å². The summed E-state index contributed by atoms with van der Waals surface area (Å²) in [6, 6.07) is 3.22. The van der Waals surface area contributed by atoms with E-state index in [1.807, 2.05) is 5.38 Å². The molecule has 0 saturated carbocycles. The summed E-state index contributed by atoms with van der Waals surface area (Å²) in [7, 11) is 0. The maximum absolute atomic E-state index is 6.04. The van der Waals surface area contributed by atoms with Crippen LogP contribution in [-0.4, -0.2) is 40.0 Å². The van der Waals surface area contributed by atoms with Crippen molar-refractivity contribution in [1.82, 2.24) is 14.9 Å². The van der Waals surface area contributed by atoms with Crippen LogP contribution in [0.25, 0.3) is 10.2 Å². The molecule has 2 saturated heterocycles. The minimum Gasteiger partial charge on any atom is -0.365 e. The van der Waals surface area contributed by atoms with Crippen LogP contribution < -0.4 is 5.32 Å². The summed E-state index contributed by atoms with van der Waals surface area (Å²) in [4.78, 5) is 12.3. The zero-order valence-electron chi connectivity index (χ0n) is 11.2. The van der Waals surface area contributed by atoms with E-state index in [9.17, 15) is 0 Å². The Morgan fingerprint density at radius 2 is 2.20 bits per heavy atom. The normalized spacial score (nSPS) is 26.9. The van der Waals surface area contributed by atoms with E-state index < -0.39 is 0 Å². The monoisotopic (exact) mass is 308 g/mol. The average Bonchev–Trinajstić information content (AvgIpc) is 3.06. The largest absolute Gasteiger partial charge is 0.365 e. The Labute approximate surface area is 127 Å². The number of piperidine rings is 1. The van der Waals surface area contributed by atoms with Gasteiger partial charge in [-0.15, -0.1) is 11.3 Å². The summed E-state index contributed by atoms with van der Waals surface area (Å²) in [5.74, 6) is 0.902. The van der Waals surface area contributed by atoms with Gasteiger partial charge in [-0.25, -0.2) is 9.97 Å². The molecule has 4 nitrogen and oxygen atoms in total. The Morgan fingerprint density at radius 3 is 3.15 bits per heavy atom. The molecule has 6 heteroatoms. The molecule has 0 bridgehead atoms. The third-order valence-electron chi connectivity index (χ3n) is 4.48. The van der Waals surface area contributed by atoms with Gasteiger partial charge in [0.1, 0.15) is 10.6 Å². The van der Waals surface area contributed by atoms with Gasteiger partial charge in [0.2, 0.25) is 5.28 Å². The third kappa shape index (κ3) is 2.18. The van der Waals surface area contributed by atoms with Crippen LogP contribution in [0, 0.1) is 0 Å². The van der Waals surface area contributed by atoms with Gasteiger partial charge in [0.05, 0.1) is 5.39 Å². The van der Waals surface area contributed by atoms with E-state index in [4.69, 9.17) is 11.6 Å². The molecule has 2 aromatic rings. The van der Waals surface area contributed by atoms with Crippen LogP contribution in [0.4, 0.5) is 5.82 Å². The van der Waals surface area contributed by atoms with Gasteiger partial charge in [-0.05, 0) is 48.9 Å². The van der Waals surface area contributed by atoms with Crippen LogP contribution in [-0.2, 0) is 0 Å². The Morgan fingerprint density at radius 1 is 1.25 bits per heavy atom. The number of hydrogen-bond acceptors (Lipinski definition) is 5. The molecule has 0 radical (unpaired) electrons. The number of hydrogen-bond donors (Lipinski definition) is 1. The van der Waals surface area contributed by atoms with Crippen molar-refractivity contribution in [3.8, 4) is 0 Å². The van der Waals surface area contributed by atoms with E-state index in [0.717, 1.165) is 16.0 Å². The zero-order chi connectivity index (χ0) is 13.5. The lowest BCUT2D eigenvalue weighted by Crippen LogP contribution is -2.41. The molecular formula is C14H17ClN4S. The molecule has 2 aliphatic rings. The van der Waals surface area contributed by atoms with Crippen LogP contribution in [0.1, 0.15) is 25.7 Å². The van der Waals surface area contributed by atoms with Crippen LogP contribution in [0.3, 0.4) is 0 Å². The summed E-state index contributed by atoms with van der Waals surface area (Å²) in [5.41, 5.74) is 0. The molecule has 0 aliphatic carbocycles. The van der Waals surface area contributed by atoms with Crippen LogP contribution in [0.5, 0.6) is 0 Å². The number of nitrogens with zero attached hydrogens (tertiary/aromatic N) is 3. The lowest BCUT2D eigenvalue weighted by atomic mass is 9.99. The molecule has 2 unspecified atom stereocenters.